The van der Waals surface area contributed by atoms with Gasteiger partial charge in [0.05, 0.1) is 11.4 Å². The zero-order valence-electron chi connectivity index (χ0n) is 21.7. The van der Waals surface area contributed by atoms with E-state index in [1.807, 2.05) is 56.3 Å². The van der Waals surface area contributed by atoms with E-state index >= 15 is 0 Å². The molecule has 0 unspecified atom stereocenters. The highest BCUT2D eigenvalue weighted by Crippen LogP contribution is 2.38. The second kappa shape index (κ2) is 10.9. The lowest BCUT2D eigenvalue weighted by atomic mass is 10.0. The van der Waals surface area contributed by atoms with E-state index in [2.05, 4.69) is 15.7 Å². The third kappa shape index (κ3) is 5.62. The summed E-state index contributed by atoms with van der Waals surface area (Å²) >= 11 is 0. The van der Waals surface area contributed by atoms with Crippen LogP contribution in [0.2, 0.25) is 0 Å². The van der Waals surface area contributed by atoms with Crippen LogP contribution in [0.5, 0.6) is 5.75 Å². The molecule has 4 aromatic rings. The van der Waals surface area contributed by atoms with E-state index in [1.54, 1.807) is 24.3 Å². The number of nitrogens with zero attached hydrogens (tertiary/aromatic N) is 2. The Kier molecular flexibility index (Phi) is 7.26. The van der Waals surface area contributed by atoms with Crippen molar-refractivity contribution in [3.63, 3.8) is 0 Å². The van der Waals surface area contributed by atoms with Crippen molar-refractivity contribution >= 4 is 17.6 Å². The summed E-state index contributed by atoms with van der Waals surface area (Å²) in [5.74, 6) is 0.0167. The van der Waals surface area contributed by atoms with Gasteiger partial charge in [0, 0.05) is 29.3 Å². The molecule has 7 heteroatoms. The van der Waals surface area contributed by atoms with E-state index in [0.717, 1.165) is 48.1 Å². The molecule has 3 aromatic carbocycles. The van der Waals surface area contributed by atoms with Gasteiger partial charge in [-0.1, -0.05) is 60.4 Å². The van der Waals surface area contributed by atoms with Gasteiger partial charge in [0.25, 0.3) is 5.91 Å². The molecule has 194 valence electrons. The van der Waals surface area contributed by atoms with Crippen LogP contribution >= 0.6 is 0 Å². The summed E-state index contributed by atoms with van der Waals surface area (Å²) in [6.45, 7) is 4.38. The van der Waals surface area contributed by atoms with Gasteiger partial charge in [-0.2, -0.15) is 9.78 Å². The Morgan fingerprint density at radius 2 is 1.71 bits per heavy atom. The van der Waals surface area contributed by atoms with Crippen molar-refractivity contribution in [1.29, 1.82) is 0 Å². The molecule has 5 rings (SSSR count). The lowest BCUT2D eigenvalue weighted by molar-refractivity contribution is 0.102. The zero-order valence-corrected chi connectivity index (χ0v) is 21.7. The van der Waals surface area contributed by atoms with Gasteiger partial charge < -0.3 is 15.7 Å². The molecule has 0 atom stereocenters. The first-order valence-electron chi connectivity index (χ1n) is 13.0. The van der Waals surface area contributed by atoms with Crippen molar-refractivity contribution in [2.75, 3.05) is 5.32 Å². The minimum Gasteiger partial charge on any atom is -0.507 e. The second-order valence-corrected chi connectivity index (χ2v) is 10.0. The van der Waals surface area contributed by atoms with Crippen molar-refractivity contribution in [3.8, 4) is 17.0 Å². The number of amides is 2. The van der Waals surface area contributed by atoms with Crippen molar-refractivity contribution in [2.24, 2.45) is 0 Å². The highest BCUT2D eigenvalue weighted by Gasteiger charge is 2.26. The summed E-state index contributed by atoms with van der Waals surface area (Å²) in [6.07, 6.45) is 4.22. The van der Waals surface area contributed by atoms with Crippen LogP contribution in [0.1, 0.15) is 64.3 Å². The van der Waals surface area contributed by atoms with Crippen LogP contribution in [0, 0.1) is 13.8 Å². The van der Waals surface area contributed by atoms with Crippen molar-refractivity contribution < 1.29 is 14.7 Å². The Bertz CT molecular complexity index is 1470. The highest BCUT2D eigenvalue weighted by atomic mass is 16.3. The Balaban J connectivity index is 1.41. The summed E-state index contributed by atoms with van der Waals surface area (Å²) in [5.41, 5.74) is 6.08. The van der Waals surface area contributed by atoms with Gasteiger partial charge in [0.1, 0.15) is 5.75 Å². The number of aromatic nitrogens is 2. The van der Waals surface area contributed by atoms with Gasteiger partial charge in [-0.25, -0.2) is 4.79 Å². The van der Waals surface area contributed by atoms with Gasteiger partial charge in [0.15, 0.2) is 0 Å². The molecule has 7 nitrogen and oxygen atoms in total. The Labute approximate surface area is 222 Å². The van der Waals surface area contributed by atoms with Gasteiger partial charge in [-0.3, -0.25) is 4.79 Å². The largest absolute Gasteiger partial charge is 0.507 e. The highest BCUT2D eigenvalue weighted by molar-refractivity contribution is 6.04. The van der Waals surface area contributed by atoms with E-state index in [1.165, 1.54) is 10.7 Å². The molecule has 0 aliphatic heterocycles. The van der Waals surface area contributed by atoms with Crippen LogP contribution in [-0.2, 0) is 6.54 Å². The number of rotatable bonds is 6. The maximum Gasteiger partial charge on any atom is 0.342 e. The molecule has 38 heavy (non-hydrogen) atoms. The van der Waals surface area contributed by atoms with Crippen molar-refractivity contribution in [3.05, 3.63) is 101 Å². The van der Waals surface area contributed by atoms with Crippen LogP contribution in [0.3, 0.4) is 0 Å². The summed E-state index contributed by atoms with van der Waals surface area (Å²) in [6, 6.07) is 21.8. The minimum atomic E-state index is -0.303. The number of nitrogens with one attached hydrogen (secondary N) is 2. The average molecular weight is 509 g/mol. The number of anilines is 1. The molecular formula is C31H32N4O3. The molecule has 0 saturated heterocycles. The number of aryl methyl sites for hydroxylation is 2. The smallest absolute Gasteiger partial charge is 0.342 e. The molecule has 1 heterocycles. The molecule has 1 aliphatic rings. The second-order valence-electron chi connectivity index (χ2n) is 10.0. The third-order valence-electron chi connectivity index (χ3n) is 7.07. The molecule has 1 fully saturated rings. The van der Waals surface area contributed by atoms with Crippen LogP contribution in [0.4, 0.5) is 10.5 Å². The number of hydrogen-bond donors (Lipinski definition) is 3. The van der Waals surface area contributed by atoms with E-state index in [-0.39, 0.29) is 23.6 Å². The van der Waals surface area contributed by atoms with Crippen LogP contribution < -0.4 is 10.6 Å². The average Bonchev–Trinajstić information content (AvgIpc) is 3.59. The molecule has 0 bridgehead atoms. The fraction of sp³-hybridized carbons (Fsp3) is 0.258. The number of carbonyl (C=O) groups is 2. The third-order valence-corrected chi connectivity index (χ3v) is 7.07. The van der Waals surface area contributed by atoms with Gasteiger partial charge in [-0.05, 0) is 68.7 Å². The minimum absolute atomic E-state index is 0.0288. The number of phenols is 1. The Hall–Kier alpha value is -4.39. The predicted molar refractivity (Wildman–Crippen MR) is 148 cm³/mol. The summed E-state index contributed by atoms with van der Waals surface area (Å²) < 4.78 is 1.44. The van der Waals surface area contributed by atoms with Crippen LogP contribution in [-0.4, -0.2) is 26.8 Å². The quantitative estimate of drug-likeness (QED) is 0.258. The molecule has 1 aromatic heterocycles. The fourth-order valence-electron chi connectivity index (χ4n) is 5.00. The Morgan fingerprint density at radius 3 is 2.45 bits per heavy atom. The number of benzene rings is 3. The van der Waals surface area contributed by atoms with E-state index in [0.29, 0.717) is 29.1 Å². The molecule has 1 saturated carbocycles. The predicted octanol–water partition coefficient (Wildman–Crippen LogP) is 6.54. The summed E-state index contributed by atoms with van der Waals surface area (Å²) in [7, 11) is 0. The van der Waals surface area contributed by atoms with Crippen molar-refractivity contribution in [2.45, 2.75) is 52.0 Å². The standard InChI is InChI=1S/C31H32N4O3/c1-20-10-12-24(13-11-20)30(37)33-25-14-15-29(36)26(17-25)27-18-28(23-8-3-4-9-23)35(34-27)31(38)32-19-22-7-5-6-21(2)16-22/h5-7,10-18,23,36H,3-4,8-9,19H2,1-2H3,(H,32,38)(H,33,37). The van der Waals surface area contributed by atoms with Crippen LogP contribution in [0.15, 0.2) is 72.8 Å². The van der Waals surface area contributed by atoms with Gasteiger partial charge in [-0.15, -0.1) is 0 Å². The monoisotopic (exact) mass is 508 g/mol. The lowest BCUT2D eigenvalue weighted by Gasteiger charge is -2.12. The number of carbonyl (C=O) groups excluding carboxylic acids is 2. The zero-order chi connectivity index (χ0) is 26.6. The lowest BCUT2D eigenvalue weighted by Crippen LogP contribution is -2.30. The molecule has 3 N–H and O–H groups in total. The van der Waals surface area contributed by atoms with Gasteiger partial charge in [0.2, 0.25) is 0 Å². The summed E-state index contributed by atoms with van der Waals surface area (Å²) in [4.78, 5) is 26.0. The number of aromatic hydroxyl groups is 1. The van der Waals surface area contributed by atoms with Gasteiger partial charge >= 0.3 is 6.03 Å². The fourth-order valence-corrected chi connectivity index (χ4v) is 5.00. The topological polar surface area (TPSA) is 96.2 Å². The maximum atomic E-state index is 13.3. The van der Waals surface area contributed by atoms with E-state index in [9.17, 15) is 14.7 Å². The number of hydrogen-bond acceptors (Lipinski definition) is 4. The van der Waals surface area contributed by atoms with E-state index in [4.69, 9.17) is 0 Å². The number of phenolic OH excluding ortho intramolecular Hbond substituents is 1. The van der Waals surface area contributed by atoms with Crippen molar-refractivity contribution in [1.82, 2.24) is 15.1 Å². The normalized spacial score (nSPS) is 13.4. The van der Waals surface area contributed by atoms with Crippen LogP contribution in [0.25, 0.3) is 11.3 Å². The SMILES string of the molecule is Cc1ccc(C(=O)Nc2ccc(O)c(-c3cc(C4CCCC4)n(C(=O)NCc4cccc(C)c4)n3)c2)cc1. The molecule has 1 aliphatic carbocycles. The first-order valence-corrected chi connectivity index (χ1v) is 13.0. The molecule has 0 radical (unpaired) electrons. The molecular weight excluding hydrogens is 476 g/mol. The first-order chi connectivity index (χ1) is 18.4. The molecule has 0 spiro atoms. The Morgan fingerprint density at radius 1 is 0.947 bits per heavy atom. The maximum absolute atomic E-state index is 13.3. The summed E-state index contributed by atoms with van der Waals surface area (Å²) in [5, 5.41) is 21.2. The van der Waals surface area contributed by atoms with E-state index < -0.39 is 0 Å². The first kappa shape index (κ1) is 25.3. The molecule has 2 amide bonds.